The van der Waals surface area contributed by atoms with Crippen molar-refractivity contribution in [2.24, 2.45) is 5.41 Å². The van der Waals surface area contributed by atoms with Crippen molar-refractivity contribution in [3.05, 3.63) is 42.2 Å². The third-order valence-corrected chi connectivity index (χ3v) is 4.64. The zero-order valence-electron chi connectivity index (χ0n) is 16.5. The number of ether oxygens (including phenoxy) is 1. The molecule has 8 heteroatoms. The lowest BCUT2D eigenvalue weighted by Crippen LogP contribution is -2.38. The van der Waals surface area contributed by atoms with E-state index in [-0.39, 0.29) is 11.2 Å². The minimum atomic E-state index is -4.71. The van der Waals surface area contributed by atoms with E-state index in [0.717, 1.165) is 11.2 Å². The average Bonchev–Trinajstić information content (AvgIpc) is 2.92. The van der Waals surface area contributed by atoms with Crippen molar-refractivity contribution in [2.75, 3.05) is 0 Å². The monoisotopic (exact) mass is 416 g/mol. The molecule has 0 aliphatic rings. The Balaban J connectivity index is 2.06. The Morgan fingerprint density at radius 1 is 1.04 bits per heavy atom. The molecule has 2 aromatic rings. The Labute approximate surface area is 167 Å². The van der Waals surface area contributed by atoms with Gasteiger partial charge in [-0.15, -0.1) is 13.2 Å². The molecule has 154 valence electrons. The molecule has 0 amide bonds. The van der Waals surface area contributed by atoms with E-state index in [0.29, 0.717) is 15.7 Å². The van der Waals surface area contributed by atoms with E-state index in [2.05, 4.69) is 25.5 Å². The standard InChI is InChI=1S/C20H25F3NO3S/c1-18(2,3)13-19(4,5)24(25)12-15-8-11-17(26-15)28-16-9-6-14(7-10-16)27-20(21,22)23/h6-12,25H,13H2,1-5H3/q+1/b24-12-. The number of hydroxylamine groups is 1. The third kappa shape index (κ3) is 7.14. The number of hydrogen-bond acceptors (Lipinski definition) is 4. The summed E-state index contributed by atoms with van der Waals surface area (Å²) < 4.78 is 47.3. The van der Waals surface area contributed by atoms with Gasteiger partial charge in [-0.05, 0) is 46.6 Å². The fourth-order valence-electron chi connectivity index (χ4n) is 2.96. The van der Waals surface area contributed by atoms with Gasteiger partial charge in [0.05, 0.1) is 0 Å². The number of hydrogen-bond donors (Lipinski definition) is 1. The predicted octanol–water partition coefficient (Wildman–Crippen LogP) is 6.36. The molecule has 0 unspecified atom stereocenters. The van der Waals surface area contributed by atoms with Gasteiger partial charge in [-0.2, -0.15) is 0 Å². The smallest absolute Gasteiger partial charge is 0.444 e. The second kappa shape index (κ2) is 8.11. The van der Waals surface area contributed by atoms with Crippen LogP contribution in [0.1, 0.15) is 46.8 Å². The fraction of sp³-hybridized carbons (Fsp3) is 0.450. The largest absolute Gasteiger partial charge is 0.573 e. The van der Waals surface area contributed by atoms with Crippen molar-refractivity contribution < 1.29 is 32.3 Å². The Morgan fingerprint density at radius 2 is 1.64 bits per heavy atom. The van der Waals surface area contributed by atoms with Crippen LogP contribution in [-0.4, -0.2) is 28.1 Å². The molecule has 0 bridgehead atoms. The quantitative estimate of drug-likeness (QED) is 0.257. The van der Waals surface area contributed by atoms with E-state index < -0.39 is 11.9 Å². The molecule has 0 radical (unpaired) electrons. The van der Waals surface area contributed by atoms with Gasteiger partial charge in [0.1, 0.15) is 5.75 Å². The zero-order chi connectivity index (χ0) is 21.2. The SMILES string of the molecule is CC(C)(C)CC(C)(C)/[N+](O)=C/c1ccc(Sc2ccc(OC(F)(F)F)cc2)o1. The Bertz CT molecular complexity index is 818. The Kier molecular flexibility index (Phi) is 6.43. The Hall–Kier alpha value is -2.09. The molecule has 0 fully saturated rings. The van der Waals surface area contributed by atoms with Crippen molar-refractivity contribution in [1.29, 1.82) is 0 Å². The van der Waals surface area contributed by atoms with E-state index in [9.17, 15) is 18.4 Å². The van der Waals surface area contributed by atoms with E-state index in [1.807, 2.05) is 13.8 Å². The highest BCUT2D eigenvalue weighted by atomic mass is 32.2. The maximum atomic E-state index is 12.2. The van der Waals surface area contributed by atoms with Gasteiger partial charge < -0.3 is 9.15 Å². The van der Waals surface area contributed by atoms with Gasteiger partial charge in [-0.3, -0.25) is 5.21 Å². The summed E-state index contributed by atoms with van der Waals surface area (Å²) in [6.45, 7) is 10.2. The van der Waals surface area contributed by atoms with Crippen LogP contribution >= 0.6 is 11.8 Å². The minimum absolute atomic E-state index is 0.0461. The summed E-state index contributed by atoms with van der Waals surface area (Å²) in [5, 5.41) is 11.0. The molecule has 1 heterocycles. The van der Waals surface area contributed by atoms with Gasteiger partial charge in [-0.25, -0.2) is 0 Å². The van der Waals surface area contributed by atoms with Crippen LogP contribution in [0.3, 0.4) is 0 Å². The summed E-state index contributed by atoms with van der Waals surface area (Å²) in [4.78, 5) is 0.698. The number of alkyl halides is 3. The second-order valence-corrected chi connectivity index (χ2v) is 9.38. The highest BCUT2D eigenvalue weighted by molar-refractivity contribution is 7.99. The molecule has 28 heavy (non-hydrogen) atoms. The maximum Gasteiger partial charge on any atom is 0.573 e. The topological polar surface area (TPSA) is 45.6 Å². The fourth-order valence-corrected chi connectivity index (χ4v) is 3.74. The molecular weight excluding hydrogens is 391 g/mol. The summed E-state index contributed by atoms with van der Waals surface area (Å²) >= 11 is 1.26. The molecule has 0 atom stereocenters. The van der Waals surface area contributed by atoms with Crippen LogP contribution < -0.4 is 4.74 Å². The summed E-state index contributed by atoms with van der Waals surface area (Å²) in [6, 6.07) is 8.98. The van der Waals surface area contributed by atoms with Gasteiger partial charge >= 0.3 is 6.36 Å². The van der Waals surface area contributed by atoms with Crippen LogP contribution in [0.5, 0.6) is 5.75 Å². The van der Waals surface area contributed by atoms with Crippen LogP contribution in [0.25, 0.3) is 0 Å². The zero-order valence-corrected chi connectivity index (χ0v) is 17.3. The van der Waals surface area contributed by atoms with Crippen molar-refractivity contribution in [3.8, 4) is 5.75 Å². The lowest BCUT2D eigenvalue weighted by atomic mass is 9.82. The van der Waals surface area contributed by atoms with Crippen molar-refractivity contribution in [1.82, 2.24) is 0 Å². The number of furan rings is 1. The minimum Gasteiger partial charge on any atom is -0.444 e. The normalized spacial score (nSPS) is 13.6. The molecule has 0 aliphatic heterocycles. The molecule has 0 saturated heterocycles. The molecule has 1 aromatic carbocycles. The molecule has 0 spiro atoms. The average molecular weight is 416 g/mol. The summed E-state index contributed by atoms with van der Waals surface area (Å²) in [6.07, 6.45) is -2.42. The van der Waals surface area contributed by atoms with Crippen LogP contribution in [0.4, 0.5) is 13.2 Å². The number of benzene rings is 1. The summed E-state index contributed by atoms with van der Waals surface area (Å²) in [5.74, 6) is 0.200. The molecule has 4 nitrogen and oxygen atoms in total. The van der Waals surface area contributed by atoms with E-state index in [1.54, 1.807) is 12.1 Å². The van der Waals surface area contributed by atoms with E-state index >= 15 is 0 Å². The van der Waals surface area contributed by atoms with Crippen LogP contribution in [0.2, 0.25) is 0 Å². The molecule has 2 rings (SSSR count). The summed E-state index contributed by atoms with van der Waals surface area (Å²) in [5.41, 5.74) is -0.433. The molecule has 0 saturated carbocycles. The first-order valence-corrected chi connectivity index (χ1v) is 9.52. The second-order valence-electron chi connectivity index (χ2n) is 8.30. The predicted molar refractivity (Wildman–Crippen MR) is 101 cm³/mol. The van der Waals surface area contributed by atoms with Crippen LogP contribution in [0, 0.1) is 5.41 Å². The van der Waals surface area contributed by atoms with Crippen molar-refractivity contribution >= 4 is 18.0 Å². The molecule has 1 aromatic heterocycles. The van der Waals surface area contributed by atoms with Gasteiger partial charge in [0.25, 0.3) is 6.21 Å². The lowest BCUT2D eigenvalue weighted by molar-refractivity contribution is -0.821. The maximum absolute atomic E-state index is 12.2. The number of halogens is 3. The Morgan fingerprint density at radius 3 is 2.18 bits per heavy atom. The lowest BCUT2D eigenvalue weighted by Gasteiger charge is -2.26. The van der Waals surface area contributed by atoms with Gasteiger partial charge in [0.15, 0.2) is 10.9 Å². The van der Waals surface area contributed by atoms with E-state index in [4.69, 9.17) is 4.42 Å². The number of rotatable bonds is 6. The van der Waals surface area contributed by atoms with Crippen LogP contribution in [-0.2, 0) is 0 Å². The summed E-state index contributed by atoms with van der Waals surface area (Å²) in [7, 11) is 0. The molecule has 0 aliphatic carbocycles. The van der Waals surface area contributed by atoms with Crippen molar-refractivity contribution in [2.45, 2.75) is 62.9 Å². The molecular formula is C20H25F3NO3S+. The van der Waals surface area contributed by atoms with Crippen LogP contribution in [0.15, 0.2) is 50.8 Å². The third-order valence-electron chi connectivity index (χ3n) is 3.71. The van der Waals surface area contributed by atoms with Gasteiger partial charge in [0.2, 0.25) is 5.54 Å². The van der Waals surface area contributed by atoms with Gasteiger partial charge in [0, 0.05) is 25.2 Å². The van der Waals surface area contributed by atoms with E-state index in [1.165, 1.54) is 42.2 Å². The number of nitrogens with zero attached hydrogens (tertiary/aromatic N) is 1. The van der Waals surface area contributed by atoms with Crippen molar-refractivity contribution in [3.63, 3.8) is 0 Å². The first-order chi connectivity index (χ1) is 12.7. The first-order valence-electron chi connectivity index (χ1n) is 8.70. The van der Waals surface area contributed by atoms with Gasteiger partial charge in [-0.1, -0.05) is 32.5 Å². The first kappa shape index (κ1) is 22.2. The highest BCUT2D eigenvalue weighted by Crippen LogP contribution is 2.32. The highest BCUT2D eigenvalue weighted by Gasteiger charge is 2.36. The molecule has 1 N–H and O–H groups in total.